The van der Waals surface area contributed by atoms with Crippen LogP contribution in [0, 0.1) is 12.5 Å². The molecule has 3 heteroatoms. The summed E-state index contributed by atoms with van der Waals surface area (Å²) in [7, 11) is 2.79. The van der Waals surface area contributed by atoms with Crippen LogP contribution in [0.4, 0.5) is 0 Å². The quantitative estimate of drug-likeness (QED) is 0.352. The van der Waals surface area contributed by atoms with Gasteiger partial charge in [-0.2, -0.15) is 0 Å². The standard InChI is InChI=1S/C3H6O2.C3H4O/c1-3(4)5-2;1-3-4-2/h1-2H3;1H,2H3. The van der Waals surface area contributed by atoms with E-state index in [0.717, 1.165) is 0 Å². The molecule has 0 heterocycles. The number of terminal acetylenes is 1. The number of rotatable bonds is 0. The van der Waals surface area contributed by atoms with E-state index in [1.165, 1.54) is 21.1 Å². The number of hydrogen-bond donors (Lipinski definition) is 0. The van der Waals surface area contributed by atoms with Crippen molar-refractivity contribution < 1.29 is 14.3 Å². The molecule has 0 aliphatic carbocycles. The molecule has 0 bridgehead atoms. The maximum atomic E-state index is 9.59. The molecule has 9 heavy (non-hydrogen) atoms. The van der Waals surface area contributed by atoms with E-state index in [1.807, 2.05) is 6.11 Å². The van der Waals surface area contributed by atoms with Gasteiger partial charge in [0.25, 0.3) is 0 Å². The largest absolute Gasteiger partial charge is 0.469 e. The van der Waals surface area contributed by atoms with Gasteiger partial charge in [-0.3, -0.25) is 4.79 Å². The van der Waals surface area contributed by atoms with Crippen molar-refractivity contribution >= 4 is 5.97 Å². The monoisotopic (exact) mass is 130 g/mol. The Morgan fingerprint density at radius 2 is 1.78 bits per heavy atom. The first-order chi connectivity index (χ1) is 4.18. The lowest BCUT2D eigenvalue weighted by molar-refractivity contribution is -0.137. The Balaban J connectivity index is 0. The lowest BCUT2D eigenvalue weighted by Gasteiger charge is -1.80. The molecule has 0 amide bonds. The van der Waals surface area contributed by atoms with Gasteiger partial charge in [0, 0.05) is 6.92 Å². The Morgan fingerprint density at radius 1 is 1.56 bits per heavy atom. The summed E-state index contributed by atoms with van der Waals surface area (Å²) in [6, 6.07) is 0. The second kappa shape index (κ2) is 9.95. The Morgan fingerprint density at radius 3 is 1.78 bits per heavy atom. The fraction of sp³-hybridized carbons (Fsp3) is 0.500. The van der Waals surface area contributed by atoms with Crippen molar-refractivity contribution in [2.45, 2.75) is 6.92 Å². The minimum absolute atomic E-state index is 0.245. The molecule has 0 atom stereocenters. The van der Waals surface area contributed by atoms with Crippen molar-refractivity contribution in [1.82, 2.24) is 0 Å². The summed E-state index contributed by atoms with van der Waals surface area (Å²) in [4.78, 5) is 9.59. The summed E-state index contributed by atoms with van der Waals surface area (Å²) in [6.07, 6.45) is 6.49. The van der Waals surface area contributed by atoms with E-state index in [1.54, 1.807) is 0 Å². The van der Waals surface area contributed by atoms with Gasteiger partial charge >= 0.3 is 5.97 Å². The lowest BCUT2D eigenvalue weighted by Crippen LogP contribution is -1.88. The van der Waals surface area contributed by atoms with Crippen LogP contribution in [0.2, 0.25) is 0 Å². The molecule has 0 unspecified atom stereocenters. The summed E-state index contributed by atoms with van der Waals surface area (Å²) < 4.78 is 8.18. The second-order valence-electron chi connectivity index (χ2n) is 1.02. The van der Waals surface area contributed by atoms with Gasteiger partial charge in [-0.15, -0.1) is 0 Å². The van der Waals surface area contributed by atoms with Gasteiger partial charge in [0.05, 0.1) is 14.2 Å². The fourth-order valence-corrected chi connectivity index (χ4v) is 0. The highest BCUT2D eigenvalue weighted by molar-refractivity contribution is 5.65. The van der Waals surface area contributed by atoms with E-state index in [-0.39, 0.29) is 5.97 Å². The average molecular weight is 130 g/mol. The molecule has 0 spiro atoms. The van der Waals surface area contributed by atoms with Crippen LogP contribution in [0.25, 0.3) is 0 Å². The van der Waals surface area contributed by atoms with Gasteiger partial charge in [0.1, 0.15) is 6.11 Å². The molecule has 0 aromatic carbocycles. The van der Waals surface area contributed by atoms with Gasteiger partial charge in [-0.1, -0.05) is 6.42 Å². The Bertz CT molecular complexity index is 101. The van der Waals surface area contributed by atoms with E-state index < -0.39 is 0 Å². The highest BCUT2D eigenvalue weighted by Gasteiger charge is 1.75. The summed E-state index contributed by atoms with van der Waals surface area (Å²) in [5, 5.41) is 0. The summed E-state index contributed by atoms with van der Waals surface area (Å²) in [5.74, 6) is -0.245. The Labute approximate surface area is 55.0 Å². The number of ether oxygens (including phenoxy) is 2. The molecule has 52 valence electrons. The van der Waals surface area contributed by atoms with Gasteiger partial charge < -0.3 is 9.47 Å². The minimum Gasteiger partial charge on any atom is -0.469 e. The molecule has 0 rings (SSSR count). The van der Waals surface area contributed by atoms with Gasteiger partial charge in [-0.25, -0.2) is 0 Å². The zero-order valence-electron chi connectivity index (χ0n) is 5.80. The predicted molar refractivity (Wildman–Crippen MR) is 33.5 cm³/mol. The molecule has 0 aliphatic rings. The van der Waals surface area contributed by atoms with Crippen molar-refractivity contribution in [3.8, 4) is 12.5 Å². The molecule has 3 nitrogen and oxygen atoms in total. The maximum absolute atomic E-state index is 9.59. The first-order valence-corrected chi connectivity index (χ1v) is 2.22. The van der Waals surface area contributed by atoms with Crippen molar-refractivity contribution in [3.63, 3.8) is 0 Å². The third-order valence-corrected chi connectivity index (χ3v) is 0.405. The molecule has 0 aromatic heterocycles. The molecule has 0 aromatic rings. The van der Waals surface area contributed by atoms with E-state index in [9.17, 15) is 4.79 Å². The zero-order chi connectivity index (χ0) is 7.70. The van der Waals surface area contributed by atoms with Crippen molar-refractivity contribution in [1.29, 1.82) is 0 Å². The predicted octanol–water partition coefficient (Wildman–Crippen LogP) is 0.403. The molecule has 0 fully saturated rings. The van der Waals surface area contributed by atoms with Crippen LogP contribution in [0.5, 0.6) is 0 Å². The number of esters is 1. The van der Waals surface area contributed by atoms with Gasteiger partial charge in [0.2, 0.25) is 0 Å². The third-order valence-electron chi connectivity index (χ3n) is 0.405. The fourth-order valence-electron chi connectivity index (χ4n) is 0. The van der Waals surface area contributed by atoms with E-state index >= 15 is 0 Å². The number of carbonyl (C=O) groups is 1. The second-order valence-corrected chi connectivity index (χ2v) is 1.02. The maximum Gasteiger partial charge on any atom is 0.302 e. The highest BCUT2D eigenvalue weighted by Crippen LogP contribution is 1.60. The average Bonchev–Trinajstić information content (AvgIpc) is 1.89. The zero-order valence-corrected chi connectivity index (χ0v) is 5.80. The first-order valence-electron chi connectivity index (χ1n) is 2.22. The van der Waals surface area contributed by atoms with Crippen molar-refractivity contribution in [3.05, 3.63) is 0 Å². The molecular formula is C6H10O3. The van der Waals surface area contributed by atoms with E-state index in [4.69, 9.17) is 0 Å². The van der Waals surface area contributed by atoms with Gasteiger partial charge in [-0.05, 0) is 0 Å². The van der Waals surface area contributed by atoms with Crippen molar-refractivity contribution in [2.24, 2.45) is 0 Å². The number of methoxy groups -OCH3 is 2. The lowest BCUT2D eigenvalue weighted by atomic mass is 10.8. The topological polar surface area (TPSA) is 35.5 Å². The van der Waals surface area contributed by atoms with Crippen LogP contribution in [0.3, 0.4) is 0 Å². The van der Waals surface area contributed by atoms with Crippen LogP contribution < -0.4 is 0 Å². The number of hydrogen-bond acceptors (Lipinski definition) is 3. The summed E-state index contributed by atoms with van der Waals surface area (Å²) >= 11 is 0. The Kier molecular flexibility index (Phi) is 11.9. The molecule has 0 saturated heterocycles. The molecule has 0 N–H and O–H groups in total. The minimum atomic E-state index is -0.245. The van der Waals surface area contributed by atoms with Crippen LogP contribution in [-0.4, -0.2) is 20.2 Å². The van der Waals surface area contributed by atoms with Crippen LogP contribution in [0.15, 0.2) is 0 Å². The van der Waals surface area contributed by atoms with E-state index in [2.05, 4.69) is 15.9 Å². The van der Waals surface area contributed by atoms with E-state index in [0.29, 0.717) is 0 Å². The van der Waals surface area contributed by atoms with Crippen molar-refractivity contribution in [2.75, 3.05) is 14.2 Å². The number of carbonyl (C=O) groups excluding carboxylic acids is 1. The summed E-state index contributed by atoms with van der Waals surface area (Å²) in [6.45, 7) is 1.36. The van der Waals surface area contributed by atoms with Crippen LogP contribution in [-0.2, 0) is 14.3 Å². The SMILES string of the molecule is C#COC.COC(C)=O. The van der Waals surface area contributed by atoms with Gasteiger partial charge in [0.15, 0.2) is 0 Å². The molecule has 0 saturated carbocycles. The first kappa shape index (κ1) is 10.7. The Hall–Kier alpha value is -1.17. The van der Waals surface area contributed by atoms with Crippen LogP contribution in [0.1, 0.15) is 6.92 Å². The third kappa shape index (κ3) is 47.6. The highest BCUT2D eigenvalue weighted by atomic mass is 16.5. The molecule has 0 aliphatic heterocycles. The van der Waals surface area contributed by atoms with Crippen LogP contribution >= 0.6 is 0 Å². The molecule has 0 radical (unpaired) electrons. The smallest absolute Gasteiger partial charge is 0.302 e. The normalized spacial score (nSPS) is 5.56. The summed E-state index contributed by atoms with van der Waals surface area (Å²) in [5.41, 5.74) is 0. The molecular weight excluding hydrogens is 120 g/mol.